The van der Waals surface area contributed by atoms with Crippen molar-refractivity contribution in [3.8, 4) is 11.5 Å². The summed E-state index contributed by atoms with van der Waals surface area (Å²) < 4.78 is 5.65. The fourth-order valence-electron chi connectivity index (χ4n) is 1.60. The van der Waals surface area contributed by atoms with E-state index in [0.717, 1.165) is 5.56 Å². The van der Waals surface area contributed by atoms with E-state index in [1.165, 1.54) is 6.07 Å². The van der Waals surface area contributed by atoms with Gasteiger partial charge in [0.1, 0.15) is 11.5 Å². The van der Waals surface area contributed by atoms with Crippen LogP contribution in [0.5, 0.6) is 11.5 Å². The third-order valence-corrected chi connectivity index (χ3v) is 2.87. The number of carbonyl (C=O) groups is 1. The van der Waals surface area contributed by atoms with Crippen LogP contribution in [-0.2, 0) is 6.54 Å². The summed E-state index contributed by atoms with van der Waals surface area (Å²) in [6, 6.07) is 12.0. The number of rotatable bonds is 4. The van der Waals surface area contributed by atoms with Gasteiger partial charge in [-0.25, -0.2) is 0 Å². The Balaban J connectivity index is 2.25. The lowest BCUT2D eigenvalue weighted by Gasteiger charge is -2.09. The maximum absolute atomic E-state index is 11.0. The van der Waals surface area contributed by atoms with Gasteiger partial charge < -0.3 is 16.2 Å². The third-order valence-electron chi connectivity index (χ3n) is 2.58. The Hall–Kier alpha value is -2.04. The van der Waals surface area contributed by atoms with Gasteiger partial charge >= 0.3 is 0 Å². The SMILES string of the molecule is NCc1cccc(Oc2ccc(C(N)=O)cc2Cl)c1. The second-order valence-electron chi connectivity index (χ2n) is 3.96. The predicted molar refractivity (Wildman–Crippen MR) is 74.4 cm³/mol. The molecule has 19 heavy (non-hydrogen) atoms. The van der Waals surface area contributed by atoms with Gasteiger partial charge in [-0.05, 0) is 35.9 Å². The molecule has 0 aliphatic rings. The van der Waals surface area contributed by atoms with Gasteiger partial charge in [0.2, 0.25) is 5.91 Å². The molecule has 4 N–H and O–H groups in total. The van der Waals surface area contributed by atoms with E-state index in [4.69, 9.17) is 27.8 Å². The van der Waals surface area contributed by atoms with Gasteiger partial charge in [-0.2, -0.15) is 0 Å². The smallest absolute Gasteiger partial charge is 0.248 e. The molecule has 0 atom stereocenters. The van der Waals surface area contributed by atoms with E-state index in [1.54, 1.807) is 18.2 Å². The maximum Gasteiger partial charge on any atom is 0.248 e. The van der Waals surface area contributed by atoms with Gasteiger partial charge in [-0.1, -0.05) is 23.7 Å². The van der Waals surface area contributed by atoms with Gasteiger partial charge in [-0.15, -0.1) is 0 Å². The van der Waals surface area contributed by atoms with Crippen LogP contribution in [0.2, 0.25) is 5.02 Å². The highest BCUT2D eigenvalue weighted by molar-refractivity contribution is 6.32. The topological polar surface area (TPSA) is 78.3 Å². The summed E-state index contributed by atoms with van der Waals surface area (Å²) in [4.78, 5) is 11.0. The Bertz CT molecular complexity index is 614. The molecule has 0 saturated carbocycles. The normalized spacial score (nSPS) is 10.2. The molecule has 5 heteroatoms. The summed E-state index contributed by atoms with van der Waals surface area (Å²) >= 11 is 6.04. The van der Waals surface area contributed by atoms with Crippen molar-refractivity contribution in [1.82, 2.24) is 0 Å². The standard InChI is InChI=1S/C14H13ClN2O2/c15-12-7-10(14(17)18)4-5-13(12)19-11-3-1-2-9(6-11)8-16/h1-7H,8,16H2,(H2,17,18). The van der Waals surface area contributed by atoms with Crippen molar-refractivity contribution in [1.29, 1.82) is 0 Å². The van der Waals surface area contributed by atoms with E-state index >= 15 is 0 Å². The largest absolute Gasteiger partial charge is 0.456 e. The maximum atomic E-state index is 11.0. The lowest BCUT2D eigenvalue weighted by Crippen LogP contribution is -2.10. The molecule has 0 aliphatic carbocycles. The number of ether oxygens (including phenoxy) is 1. The van der Waals surface area contributed by atoms with Gasteiger partial charge in [0.15, 0.2) is 0 Å². The molecule has 4 nitrogen and oxygen atoms in total. The Morgan fingerprint density at radius 2 is 2.00 bits per heavy atom. The summed E-state index contributed by atoms with van der Waals surface area (Å²) in [5.41, 5.74) is 12.0. The van der Waals surface area contributed by atoms with E-state index in [9.17, 15) is 4.79 Å². The molecule has 0 unspecified atom stereocenters. The van der Waals surface area contributed by atoms with Crippen molar-refractivity contribution >= 4 is 17.5 Å². The molecule has 0 fully saturated rings. The highest BCUT2D eigenvalue weighted by Crippen LogP contribution is 2.30. The van der Waals surface area contributed by atoms with E-state index in [0.29, 0.717) is 28.6 Å². The molecule has 1 amide bonds. The fourth-order valence-corrected chi connectivity index (χ4v) is 1.82. The zero-order valence-electron chi connectivity index (χ0n) is 10.1. The second-order valence-corrected chi connectivity index (χ2v) is 4.37. The molecule has 0 aliphatic heterocycles. The molecule has 2 rings (SSSR count). The Morgan fingerprint density at radius 3 is 2.63 bits per heavy atom. The molecule has 0 aromatic heterocycles. The number of halogens is 1. The average Bonchev–Trinajstić information content (AvgIpc) is 2.41. The van der Waals surface area contributed by atoms with Crippen molar-refractivity contribution in [2.75, 3.05) is 0 Å². The quantitative estimate of drug-likeness (QED) is 0.901. The first-order valence-corrected chi connectivity index (χ1v) is 6.04. The van der Waals surface area contributed by atoms with Crippen LogP contribution in [0.25, 0.3) is 0 Å². The minimum absolute atomic E-state index is 0.328. The third kappa shape index (κ3) is 3.24. The summed E-state index contributed by atoms with van der Waals surface area (Å²) in [7, 11) is 0. The van der Waals surface area contributed by atoms with Gasteiger partial charge in [-0.3, -0.25) is 4.79 Å². The summed E-state index contributed by atoms with van der Waals surface area (Å²) in [6.45, 7) is 0.436. The molecule has 0 heterocycles. The molecular formula is C14H13ClN2O2. The van der Waals surface area contributed by atoms with Crippen LogP contribution in [0.15, 0.2) is 42.5 Å². The number of carbonyl (C=O) groups excluding carboxylic acids is 1. The summed E-state index contributed by atoms with van der Waals surface area (Å²) in [6.07, 6.45) is 0. The van der Waals surface area contributed by atoms with Crippen molar-refractivity contribution in [2.45, 2.75) is 6.54 Å². The van der Waals surface area contributed by atoms with Gasteiger partial charge in [0.25, 0.3) is 0 Å². The number of benzene rings is 2. The zero-order valence-corrected chi connectivity index (χ0v) is 10.9. The molecule has 2 aromatic rings. The molecule has 98 valence electrons. The highest BCUT2D eigenvalue weighted by atomic mass is 35.5. The van der Waals surface area contributed by atoms with Crippen LogP contribution in [-0.4, -0.2) is 5.91 Å². The predicted octanol–water partition coefficient (Wildman–Crippen LogP) is 2.69. The van der Waals surface area contributed by atoms with E-state index < -0.39 is 5.91 Å². The first-order chi connectivity index (χ1) is 9.10. The zero-order chi connectivity index (χ0) is 13.8. The monoisotopic (exact) mass is 276 g/mol. The minimum atomic E-state index is -0.529. The van der Waals surface area contributed by atoms with E-state index in [1.807, 2.05) is 18.2 Å². The number of amides is 1. The van der Waals surface area contributed by atoms with Crippen LogP contribution < -0.4 is 16.2 Å². The Morgan fingerprint density at radius 1 is 1.21 bits per heavy atom. The molecule has 0 bridgehead atoms. The lowest BCUT2D eigenvalue weighted by atomic mass is 10.2. The van der Waals surface area contributed by atoms with E-state index in [-0.39, 0.29) is 0 Å². The van der Waals surface area contributed by atoms with Crippen LogP contribution >= 0.6 is 11.6 Å². The van der Waals surface area contributed by atoms with Crippen molar-refractivity contribution in [2.24, 2.45) is 11.5 Å². The summed E-state index contributed by atoms with van der Waals surface area (Å²) in [5, 5.41) is 0.328. The van der Waals surface area contributed by atoms with Crippen LogP contribution in [0.1, 0.15) is 15.9 Å². The van der Waals surface area contributed by atoms with Crippen molar-refractivity contribution in [3.63, 3.8) is 0 Å². The lowest BCUT2D eigenvalue weighted by molar-refractivity contribution is 0.100. The van der Waals surface area contributed by atoms with Crippen LogP contribution in [0.4, 0.5) is 0 Å². The Labute approximate surface area is 115 Å². The number of hydrogen-bond donors (Lipinski definition) is 2. The van der Waals surface area contributed by atoms with Gasteiger partial charge in [0, 0.05) is 12.1 Å². The molecule has 2 aromatic carbocycles. The molecule has 0 saturated heterocycles. The first-order valence-electron chi connectivity index (χ1n) is 5.66. The Kier molecular flexibility index (Phi) is 4.04. The van der Waals surface area contributed by atoms with Crippen LogP contribution in [0.3, 0.4) is 0 Å². The highest BCUT2D eigenvalue weighted by Gasteiger charge is 2.07. The number of primary amides is 1. The minimum Gasteiger partial charge on any atom is -0.456 e. The molecule has 0 radical (unpaired) electrons. The molecule has 0 spiro atoms. The van der Waals surface area contributed by atoms with Gasteiger partial charge in [0.05, 0.1) is 5.02 Å². The number of nitrogens with two attached hydrogens (primary N) is 2. The number of hydrogen-bond acceptors (Lipinski definition) is 3. The van der Waals surface area contributed by atoms with Crippen molar-refractivity contribution in [3.05, 3.63) is 58.6 Å². The average molecular weight is 277 g/mol. The van der Waals surface area contributed by atoms with Crippen LogP contribution in [0, 0.1) is 0 Å². The van der Waals surface area contributed by atoms with E-state index in [2.05, 4.69) is 0 Å². The molecular weight excluding hydrogens is 264 g/mol. The van der Waals surface area contributed by atoms with Crippen molar-refractivity contribution < 1.29 is 9.53 Å². The fraction of sp³-hybridized carbons (Fsp3) is 0.0714. The first kappa shape index (κ1) is 13.4. The second kappa shape index (κ2) is 5.73. The summed E-state index contributed by atoms with van der Waals surface area (Å²) in [5.74, 6) is 0.566.